The number of hydrogen-bond acceptors (Lipinski definition) is 7. The summed E-state index contributed by atoms with van der Waals surface area (Å²) < 4.78 is 10.9. The summed E-state index contributed by atoms with van der Waals surface area (Å²) in [6.07, 6.45) is -1.41. The lowest BCUT2D eigenvalue weighted by Gasteiger charge is -2.24. The molecule has 0 radical (unpaired) electrons. The highest BCUT2D eigenvalue weighted by molar-refractivity contribution is 5.97. The van der Waals surface area contributed by atoms with E-state index in [2.05, 4.69) is 10.5 Å². The lowest BCUT2D eigenvalue weighted by Crippen LogP contribution is -2.46. The van der Waals surface area contributed by atoms with Gasteiger partial charge in [-0.2, -0.15) is 0 Å². The molecule has 0 aromatic heterocycles. The Labute approximate surface area is 233 Å². The van der Waals surface area contributed by atoms with Crippen LogP contribution in [0.15, 0.2) is 78.0 Å². The number of nitrogens with zero attached hydrogens (tertiary/aromatic N) is 1. The number of benzene rings is 3. The summed E-state index contributed by atoms with van der Waals surface area (Å²) in [5.41, 5.74) is 10.9. The van der Waals surface area contributed by atoms with Crippen molar-refractivity contribution in [3.8, 4) is 11.1 Å². The smallest absolute Gasteiger partial charge is 0.407 e. The van der Waals surface area contributed by atoms with Gasteiger partial charge in [-0.3, -0.25) is 0 Å². The van der Waals surface area contributed by atoms with Crippen LogP contribution in [0.1, 0.15) is 55.4 Å². The van der Waals surface area contributed by atoms with E-state index >= 15 is 0 Å². The number of carbonyl (C=O) groups excluding carboxylic acids is 3. The van der Waals surface area contributed by atoms with Gasteiger partial charge in [-0.05, 0) is 49.9 Å². The fraction of sp³-hybridized carbons (Fsp3) is 0.290. The highest BCUT2D eigenvalue weighted by Crippen LogP contribution is 2.44. The maximum Gasteiger partial charge on any atom is 0.407 e. The average molecular weight is 544 g/mol. The van der Waals surface area contributed by atoms with Crippen molar-refractivity contribution in [3.63, 3.8) is 0 Å². The average Bonchev–Trinajstić information content (AvgIpc) is 3.23. The normalized spacial score (nSPS) is 13.6. The van der Waals surface area contributed by atoms with Gasteiger partial charge in [-0.1, -0.05) is 83.5 Å². The molecule has 1 atom stereocenters. The lowest BCUT2D eigenvalue weighted by atomic mass is 9.98. The fourth-order valence-electron chi connectivity index (χ4n) is 4.43. The molecule has 1 aliphatic rings. The number of fused-ring (bicyclic) bond motifs is 3. The predicted octanol–water partition coefficient (Wildman–Crippen LogP) is 4.80. The molecule has 40 heavy (non-hydrogen) atoms. The van der Waals surface area contributed by atoms with Crippen molar-refractivity contribution in [1.29, 1.82) is 0 Å². The molecular formula is C31H33N3O6. The van der Waals surface area contributed by atoms with Gasteiger partial charge in [0.25, 0.3) is 0 Å². The molecule has 0 fully saturated rings. The van der Waals surface area contributed by atoms with Crippen molar-refractivity contribution in [3.05, 3.63) is 95.1 Å². The number of alkyl carbamates (subject to hydrolysis) is 1. The Morgan fingerprint density at radius 2 is 1.50 bits per heavy atom. The zero-order chi connectivity index (χ0) is 28.9. The maximum absolute atomic E-state index is 12.8. The minimum absolute atomic E-state index is 0.00772. The zero-order valence-electron chi connectivity index (χ0n) is 23.0. The van der Waals surface area contributed by atoms with Crippen molar-refractivity contribution in [2.75, 3.05) is 6.61 Å². The van der Waals surface area contributed by atoms with E-state index < -0.39 is 36.1 Å². The molecule has 0 spiro atoms. The summed E-state index contributed by atoms with van der Waals surface area (Å²) in [5.74, 6) is -1.87. The van der Waals surface area contributed by atoms with Gasteiger partial charge >= 0.3 is 18.0 Å². The minimum Gasteiger partial charge on any atom is -0.458 e. The number of hydrogen-bond donors (Lipinski definition) is 2. The number of amidine groups is 1. The van der Waals surface area contributed by atoms with E-state index in [1.54, 1.807) is 32.9 Å². The number of aryl methyl sites for hydroxylation is 1. The lowest BCUT2D eigenvalue weighted by molar-refractivity contribution is -0.160. The van der Waals surface area contributed by atoms with Crippen LogP contribution in [0.2, 0.25) is 0 Å². The second kappa shape index (κ2) is 12.0. The van der Waals surface area contributed by atoms with Gasteiger partial charge in [0.2, 0.25) is 0 Å². The van der Waals surface area contributed by atoms with Crippen LogP contribution in [-0.4, -0.2) is 42.1 Å². The van der Waals surface area contributed by atoms with Gasteiger partial charge < -0.3 is 25.4 Å². The first kappa shape index (κ1) is 28.4. The molecule has 1 amide bonds. The Kier molecular flexibility index (Phi) is 8.52. The molecule has 4 rings (SSSR count). The van der Waals surface area contributed by atoms with Gasteiger partial charge in [-0.15, -0.1) is 0 Å². The number of esters is 1. The van der Waals surface area contributed by atoms with Crippen molar-refractivity contribution in [1.82, 2.24) is 5.32 Å². The molecule has 3 N–H and O–H groups in total. The van der Waals surface area contributed by atoms with Gasteiger partial charge in [0.1, 0.15) is 18.2 Å². The van der Waals surface area contributed by atoms with Crippen LogP contribution >= 0.6 is 0 Å². The summed E-state index contributed by atoms with van der Waals surface area (Å²) in [6, 6.07) is 21.7. The fourth-order valence-corrected chi connectivity index (χ4v) is 4.43. The SMILES string of the molecule is Cc1ccc(/C(N)=N/OC(=O)C[C@H](NC(=O)OCC2c3ccccc3-c3ccccc32)C(=O)OC(C)(C)C)cc1. The minimum atomic E-state index is -1.36. The van der Waals surface area contributed by atoms with Crippen LogP contribution in [0, 0.1) is 6.92 Å². The maximum atomic E-state index is 12.8. The van der Waals surface area contributed by atoms with Crippen LogP contribution < -0.4 is 11.1 Å². The number of carbonyl (C=O) groups is 3. The quantitative estimate of drug-likeness (QED) is 0.137. The third-order valence-corrected chi connectivity index (χ3v) is 6.29. The summed E-state index contributed by atoms with van der Waals surface area (Å²) in [5, 5.41) is 6.12. The zero-order valence-corrected chi connectivity index (χ0v) is 23.0. The molecule has 0 aliphatic heterocycles. The van der Waals surface area contributed by atoms with Crippen molar-refractivity contribution in [2.45, 2.75) is 51.7 Å². The van der Waals surface area contributed by atoms with Crippen LogP contribution in [-0.2, 0) is 23.9 Å². The molecular weight excluding hydrogens is 510 g/mol. The molecule has 9 nitrogen and oxygen atoms in total. The molecule has 1 aliphatic carbocycles. The second-order valence-corrected chi connectivity index (χ2v) is 10.6. The molecule has 0 bridgehead atoms. The third-order valence-electron chi connectivity index (χ3n) is 6.29. The first-order valence-corrected chi connectivity index (χ1v) is 13.0. The van der Waals surface area contributed by atoms with Crippen LogP contribution in [0.25, 0.3) is 11.1 Å². The molecule has 0 unspecified atom stereocenters. The summed E-state index contributed by atoms with van der Waals surface area (Å²) >= 11 is 0. The molecule has 3 aromatic rings. The number of nitrogens with two attached hydrogens (primary N) is 1. The number of nitrogens with one attached hydrogen (secondary N) is 1. The number of ether oxygens (including phenoxy) is 2. The molecule has 0 saturated carbocycles. The van der Waals surface area contributed by atoms with Crippen LogP contribution in [0.4, 0.5) is 4.79 Å². The molecule has 208 valence electrons. The first-order chi connectivity index (χ1) is 19.0. The van der Waals surface area contributed by atoms with E-state index in [-0.39, 0.29) is 18.4 Å². The molecule has 0 saturated heterocycles. The van der Waals surface area contributed by atoms with E-state index in [9.17, 15) is 14.4 Å². The first-order valence-electron chi connectivity index (χ1n) is 13.0. The van der Waals surface area contributed by atoms with Crippen molar-refractivity contribution < 1.29 is 28.7 Å². The monoisotopic (exact) mass is 543 g/mol. The van der Waals surface area contributed by atoms with E-state index in [1.807, 2.05) is 67.6 Å². The van der Waals surface area contributed by atoms with Crippen LogP contribution in [0.3, 0.4) is 0 Å². The van der Waals surface area contributed by atoms with E-state index in [0.717, 1.165) is 27.8 Å². The van der Waals surface area contributed by atoms with Gasteiger partial charge in [-0.25, -0.2) is 14.4 Å². The van der Waals surface area contributed by atoms with Crippen LogP contribution in [0.5, 0.6) is 0 Å². The van der Waals surface area contributed by atoms with Crippen molar-refractivity contribution in [2.24, 2.45) is 10.9 Å². The number of amides is 1. The van der Waals surface area contributed by atoms with E-state index in [4.69, 9.17) is 20.0 Å². The van der Waals surface area contributed by atoms with Gasteiger partial charge in [0.05, 0.1) is 6.42 Å². The van der Waals surface area contributed by atoms with Gasteiger partial charge in [0.15, 0.2) is 5.84 Å². The summed E-state index contributed by atoms with van der Waals surface area (Å²) in [7, 11) is 0. The Morgan fingerprint density at radius 1 is 0.925 bits per heavy atom. The number of oxime groups is 1. The van der Waals surface area contributed by atoms with E-state index in [0.29, 0.717) is 5.56 Å². The Bertz CT molecular complexity index is 1380. The molecule has 0 heterocycles. The Hall–Kier alpha value is -4.66. The Morgan fingerprint density at radius 3 is 2.08 bits per heavy atom. The highest BCUT2D eigenvalue weighted by atomic mass is 16.7. The van der Waals surface area contributed by atoms with E-state index in [1.165, 1.54) is 0 Å². The predicted molar refractivity (Wildman–Crippen MR) is 150 cm³/mol. The molecule has 9 heteroatoms. The standard InChI is InChI=1S/C31H33N3O6/c1-19-13-15-20(16-14-19)28(32)34-40-27(35)17-26(29(36)39-31(2,3)4)33-30(37)38-18-25-23-11-7-5-9-21(23)22-10-6-8-12-24(22)25/h5-16,25-26H,17-18H2,1-4H3,(H2,32,34)(H,33,37)/t26-/m0/s1. The highest BCUT2D eigenvalue weighted by Gasteiger charge is 2.32. The second-order valence-electron chi connectivity index (χ2n) is 10.6. The Balaban J connectivity index is 1.41. The number of rotatable bonds is 8. The van der Waals surface area contributed by atoms with Crippen molar-refractivity contribution >= 4 is 23.9 Å². The molecule has 3 aromatic carbocycles. The topological polar surface area (TPSA) is 129 Å². The summed E-state index contributed by atoms with van der Waals surface area (Å²) in [4.78, 5) is 43.1. The third kappa shape index (κ3) is 7.05. The van der Waals surface area contributed by atoms with Gasteiger partial charge in [0, 0.05) is 11.5 Å². The largest absolute Gasteiger partial charge is 0.458 e. The summed E-state index contributed by atoms with van der Waals surface area (Å²) in [6.45, 7) is 7.01.